The molecule has 0 aliphatic rings. The predicted molar refractivity (Wildman–Crippen MR) is 108 cm³/mol. The van der Waals surface area contributed by atoms with Gasteiger partial charge in [-0.1, -0.05) is 41.7 Å². The number of Topliss-reactive ketones (excluding diaryl/α,β-unsaturated/α-hetero) is 2. The van der Waals surface area contributed by atoms with E-state index < -0.39 is 0 Å². The maximum atomic E-state index is 12.3. The predicted octanol–water partition coefficient (Wildman–Crippen LogP) is 4.69. The second-order valence-corrected chi connectivity index (χ2v) is 7.40. The van der Waals surface area contributed by atoms with Crippen LogP contribution in [0.5, 0.6) is 0 Å². The van der Waals surface area contributed by atoms with Gasteiger partial charge in [-0.3, -0.25) is 14.4 Å². The summed E-state index contributed by atoms with van der Waals surface area (Å²) >= 11 is 1.16. The lowest BCUT2D eigenvalue weighted by atomic mass is 10.1. The van der Waals surface area contributed by atoms with Gasteiger partial charge in [0.25, 0.3) is 0 Å². The molecule has 0 atom stereocenters. The fourth-order valence-electron chi connectivity index (χ4n) is 2.84. The zero-order chi connectivity index (χ0) is 20.3. The van der Waals surface area contributed by atoms with Gasteiger partial charge in [0, 0.05) is 25.3 Å². The average Bonchev–Trinajstić information content (AvgIpc) is 3.24. The molecule has 0 aliphatic carbocycles. The Bertz CT molecular complexity index is 1030. The number of nitrogens with zero attached hydrogens (tertiary/aromatic N) is 1. The molecule has 0 unspecified atom stereocenters. The number of carbonyl (C=O) groups is 3. The number of carbonyl (C=O) groups excluding carboxylic acids is 3. The van der Waals surface area contributed by atoms with Gasteiger partial charge >= 0.3 is 0 Å². The number of hydrogen-bond acceptors (Lipinski definition) is 6. The summed E-state index contributed by atoms with van der Waals surface area (Å²) in [7, 11) is 0. The number of amides is 1. The molecule has 3 rings (SSSR count). The monoisotopic (exact) mass is 396 g/mol. The van der Waals surface area contributed by atoms with Crippen molar-refractivity contribution in [3.05, 3.63) is 58.4 Å². The molecule has 144 valence electrons. The lowest BCUT2D eigenvalue weighted by Crippen LogP contribution is -2.11. The molecule has 0 fully saturated rings. The Labute approximate surface area is 166 Å². The van der Waals surface area contributed by atoms with E-state index in [0.29, 0.717) is 39.2 Å². The largest absolute Gasteiger partial charge is 0.466 e. The van der Waals surface area contributed by atoms with Crippen molar-refractivity contribution in [2.75, 3.05) is 5.32 Å². The maximum Gasteiger partial charge on any atom is 0.226 e. The highest BCUT2D eigenvalue weighted by Crippen LogP contribution is 2.31. The molecule has 7 heteroatoms. The van der Waals surface area contributed by atoms with E-state index in [1.54, 1.807) is 13.0 Å². The highest BCUT2D eigenvalue weighted by molar-refractivity contribution is 7.18. The zero-order valence-corrected chi connectivity index (χ0v) is 16.7. The summed E-state index contributed by atoms with van der Waals surface area (Å²) in [5, 5.41) is 3.13. The molecule has 0 bridgehead atoms. The molecule has 0 radical (unpaired) electrons. The molecule has 0 spiro atoms. The van der Waals surface area contributed by atoms with Crippen LogP contribution < -0.4 is 5.32 Å². The smallest absolute Gasteiger partial charge is 0.226 e. The average molecular weight is 396 g/mol. The molecule has 6 nitrogen and oxygen atoms in total. The Morgan fingerprint density at radius 1 is 1.11 bits per heavy atom. The number of hydrogen-bond donors (Lipinski definition) is 1. The Kier molecular flexibility index (Phi) is 5.84. The lowest BCUT2D eigenvalue weighted by molar-refractivity contribution is -0.116. The van der Waals surface area contributed by atoms with Crippen LogP contribution in [0, 0.1) is 6.92 Å². The van der Waals surface area contributed by atoms with Crippen LogP contribution >= 0.6 is 11.3 Å². The molecule has 2 aromatic heterocycles. The van der Waals surface area contributed by atoms with E-state index in [0.717, 1.165) is 16.9 Å². The topological polar surface area (TPSA) is 89.3 Å². The second-order valence-electron chi connectivity index (χ2n) is 6.41. The molecule has 28 heavy (non-hydrogen) atoms. The first kappa shape index (κ1) is 19.7. The van der Waals surface area contributed by atoms with E-state index >= 15 is 0 Å². The third-order valence-corrected chi connectivity index (χ3v) is 5.26. The van der Waals surface area contributed by atoms with Crippen molar-refractivity contribution >= 4 is 33.9 Å². The SMILES string of the molecule is CC(=O)c1cc(CCC(=O)Nc2nc(-c3ccccc3)c(C(C)=O)s2)oc1C. The number of nitrogens with one attached hydrogen (secondary N) is 1. The van der Waals surface area contributed by atoms with Gasteiger partial charge < -0.3 is 9.73 Å². The van der Waals surface area contributed by atoms with E-state index in [4.69, 9.17) is 4.42 Å². The number of aromatic nitrogens is 1. The van der Waals surface area contributed by atoms with Crippen LogP contribution in [0.25, 0.3) is 11.3 Å². The Hall–Kier alpha value is -3.06. The van der Waals surface area contributed by atoms with Gasteiger partial charge in [0.1, 0.15) is 11.5 Å². The Morgan fingerprint density at radius 2 is 1.82 bits per heavy atom. The third kappa shape index (κ3) is 4.43. The number of anilines is 1. The molecular weight excluding hydrogens is 376 g/mol. The van der Waals surface area contributed by atoms with E-state index in [2.05, 4.69) is 10.3 Å². The van der Waals surface area contributed by atoms with Crippen molar-refractivity contribution in [3.63, 3.8) is 0 Å². The zero-order valence-electron chi connectivity index (χ0n) is 15.9. The molecule has 0 aliphatic heterocycles. The summed E-state index contributed by atoms with van der Waals surface area (Å²) in [5.74, 6) is 0.749. The Morgan fingerprint density at radius 3 is 2.43 bits per heavy atom. The number of aryl methyl sites for hydroxylation is 2. The fourth-order valence-corrected chi connectivity index (χ4v) is 3.74. The molecule has 1 aromatic carbocycles. The molecule has 1 amide bonds. The minimum atomic E-state index is -0.234. The van der Waals surface area contributed by atoms with Crippen molar-refractivity contribution in [2.24, 2.45) is 0 Å². The van der Waals surface area contributed by atoms with Crippen molar-refractivity contribution in [2.45, 2.75) is 33.6 Å². The first-order chi connectivity index (χ1) is 13.3. The van der Waals surface area contributed by atoms with E-state index in [-0.39, 0.29) is 23.9 Å². The van der Waals surface area contributed by atoms with Crippen LogP contribution in [-0.4, -0.2) is 22.5 Å². The van der Waals surface area contributed by atoms with Crippen molar-refractivity contribution in [3.8, 4) is 11.3 Å². The van der Waals surface area contributed by atoms with Crippen LogP contribution in [0.4, 0.5) is 5.13 Å². The van der Waals surface area contributed by atoms with Gasteiger partial charge in [-0.25, -0.2) is 4.98 Å². The molecule has 1 N–H and O–H groups in total. The normalized spacial score (nSPS) is 10.7. The van der Waals surface area contributed by atoms with Crippen molar-refractivity contribution in [1.82, 2.24) is 4.98 Å². The van der Waals surface area contributed by atoms with Gasteiger partial charge in [0.15, 0.2) is 16.7 Å². The van der Waals surface area contributed by atoms with E-state index in [9.17, 15) is 14.4 Å². The summed E-state index contributed by atoms with van der Waals surface area (Å²) in [6.07, 6.45) is 0.552. The fraction of sp³-hybridized carbons (Fsp3) is 0.238. The van der Waals surface area contributed by atoms with Crippen LogP contribution in [0.15, 0.2) is 40.8 Å². The number of ketones is 2. The minimum absolute atomic E-state index is 0.0649. The third-order valence-electron chi connectivity index (χ3n) is 4.19. The number of furan rings is 1. The van der Waals surface area contributed by atoms with Gasteiger partial charge in [0.05, 0.1) is 16.1 Å². The molecule has 2 heterocycles. The summed E-state index contributed by atoms with van der Waals surface area (Å²) in [6, 6.07) is 11.1. The summed E-state index contributed by atoms with van der Waals surface area (Å²) in [6.45, 7) is 4.69. The summed E-state index contributed by atoms with van der Waals surface area (Å²) in [4.78, 5) is 40.7. The first-order valence-corrected chi connectivity index (χ1v) is 9.64. The van der Waals surface area contributed by atoms with Gasteiger partial charge in [-0.2, -0.15) is 0 Å². The lowest BCUT2D eigenvalue weighted by Gasteiger charge is -2.00. The minimum Gasteiger partial charge on any atom is -0.466 e. The van der Waals surface area contributed by atoms with Gasteiger partial charge in [0.2, 0.25) is 5.91 Å². The first-order valence-electron chi connectivity index (χ1n) is 8.82. The maximum absolute atomic E-state index is 12.3. The summed E-state index contributed by atoms with van der Waals surface area (Å²) in [5.41, 5.74) is 1.93. The van der Waals surface area contributed by atoms with Crippen molar-refractivity contribution in [1.29, 1.82) is 0 Å². The van der Waals surface area contributed by atoms with Crippen LogP contribution in [0.3, 0.4) is 0 Å². The highest BCUT2D eigenvalue weighted by Gasteiger charge is 2.18. The molecular formula is C21H20N2O4S. The number of rotatable bonds is 7. The summed E-state index contributed by atoms with van der Waals surface area (Å²) < 4.78 is 5.53. The molecule has 0 saturated heterocycles. The van der Waals surface area contributed by atoms with Crippen molar-refractivity contribution < 1.29 is 18.8 Å². The highest BCUT2D eigenvalue weighted by atomic mass is 32.1. The van der Waals surface area contributed by atoms with Gasteiger partial charge in [-0.15, -0.1) is 0 Å². The standard InChI is InChI=1S/C21H20N2O4S/c1-12(24)17-11-16(27-14(17)3)9-10-18(26)22-21-23-19(20(28-21)13(2)25)15-7-5-4-6-8-15/h4-8,11H,9-10H2,1-3H3,(H,22,23,26). The molecule has 3 aromatic rings. The van der Waals surface area contributed by atoms with Crippen LogP contribution in [0.2, 0.25) is 0 Å². The molecule has 0 saturated carbocycles. The van der Waals surface area contributed by atoms with Crippen LogP contribution in [0.1, 0.15) is 51.8 Å². The van der Waals surface area contributed by atoms with E-state index in [1.807, 2.05) is 30.3 Å². The van der Waals surface area contributed by atoms with Crippen LogP contribution in [-0.2, 0) is 11.2 Å². The Balaban J connectivity index is 1.70. The quantitative estimate of drug-likeness (QED) is 0.585. The second kappa shape index (κ2) is 8.31. The van der Waals surface area contributed by atoms with Gasteiger partial charge in [-0.05, 0) is 19.9 Å². The number of benzene rings is 1. The number of thiazole rings is 1. The van der Waals surface area contributed by atoms with E-state index in [1.165, 1.54) is 13.8 Å².